The standard InChI is InChI=1S/C12H18BNO11/c13-9(20)5(2-16)24-12(11(22)10(9,21)14(11)12)25-8(3-17)7(19)6(18)4(1-15)23-8/h4-7,15-22H,1-3H2/t4-,5-,6-,7+,8?,9-,10+,11-,12-,14?/m1/s1. The maximum absolute atomic E-state index is 10.5. The number of nitrogens with zero attached hydrogens (tertiary/aromatic N) is 1. The molecule has 5 aliphatic heterocycles. The second-order valence-electron chi connectivity index (χ2n) is 6.72. The van der Waals surface area contributed by atoms with Gasteiger partial charge in [0, 0.05) is 0 Å². The minimum absolute atomic E-state index is 0.697. The summed E-state index contributed by atoms with van der Waals surface area (Å²) >= 11 is 0. The highest BCUT2D eigenvalue weighted by Crippen LogP contribution is 2.82. The van der Waals surface area contributed by atoms with Crippen molar-refractivity contribution < 1.29 is 55.1 Å². The van der Waals surface area contributed by atoms with Crippen LogP contribution in [0.1, 0.15) is 0 Å². The molecule has 5 rings (SSSR count). The highest BCUT2D eigenvalue weighted by molar-refractivity contribution is 6.17. The number of fused-ring (bicyclic) bond motifs is 2. The Hall–Kier alpha value is -0.415. The molecule has 140 valence electrons. The van der Waals surface area contributed by atoms with E-state index in [4.69, 9.17) is 27.2 Å². The van der Waals surface area contributed by atoms with Crippen molar-refractivity contribution in [1.29, 1.82) is 0 Å². The summed E-state index contributed by atoms with van der Waals surface area (Å²) in [6.45, 7) is -2.55. The van der Waals surface area contributed by atoms with Gasteiger partial charge in [-0.1, -0.05) is 0 Å². The molecule has 5 heterocycles. The minimum Gasteiger partial charge on any atom is -0.394 e. The number of hydrogen-bond donors (Lipinski definition) is 8. The van der Waals surface area contributed by atoms with Crippen molar-refractivity contribution >= 4 is 7.85 Å². The highest BCUT2D eigenvalue weighted by atomic mass is 16.9. The van der Waals surface area contributed by atoms with Crippen LogP contribution in [0.5, 0.6) is 0 Å². The summed E-state index contributed by atoms with van der Waals surface area (Å²) in [6, 6.07) is 0. The lowest BCUT2D eigenvalue weighted by molar-refractivity contribution is -0.444. The molecule has 0 aromatic heterocycles. The van der Waals surface area contributed by atoms with Crippen molar-refractivity contribution in [2.24, 2.45) is 0 Å². The molecule has 0 aromatic carbocycles. The average molecular weight is 363 g/mol. The van der Waals surface area contributed by atoms with E-state index in [1.165, 1.54) is 0 Å². The Kier molecular flexibility index (Phi) is 3.38. The van der Waals surface area contributed by atoms with Crippen molar-refractivity contribution in [2.45, 2.75) is 53.1 Å². The molecule has 8 N–H and O–H groups in total. The molecule has 0 aliphatic carbocycles. The first-order chi connectivity index (χ1) is 11.5. The maximum atomic E-state index is 10.5. The lowest BCUT2D eigenvalue weighted by atomic mass is 9.67. The molecule has 12 nitrogen and oxygen atoms in total. The van der Waals surface area contributed by atoms with E-state index in [1.807, 2.05) is 0 Å². The minimum atomic E-state index is -2.53. The fourth-order valence-electron chi connectivity index (χ4n) is 3.93. The van der Waals surface area contributed by atoms with Crippen LogP contribution in [-0.4, -0.2) is 126 Å². The highest BCUT2D eigenvalue weighted by Gasteiger charge is 3.13. The van der Waals surface area contributed by atoms with Gasteiger partial charge in [0.1, 0.15) is 38.9 Å². The summed E-state index contributed by atoms with van der Waals surface area (Å²) in [7, 11) is 5.54. The Morgan fingerprint density at radius 3 is 2.04 bits per heavy atom. The van der Waals surface area contributed by atoms with E-state index in [2.05, 4.69) is 0 Å². The summed E-state index contributed by atoms with van der Waals surface area (Å²) in [5, 5.41) is 79.0. The quantitative estimate of drug-likeness (QED) is 0.170. The van der Waals surface area contributed by atoms with Crippen LogP contribution in [-0.2, 0) is 14.2 Å². The van der Waals surface area contributed by atoms with Crippen LogP contribution in [0, 0.1) is 0 Å². The van der Waals surface area contributed by atoms with Gasteiger partial charge in [-0.3, -0.25) is 4.74 Å². The molecule has 13 heteroatoms. The van der Waals surface area contributed by atoms with E-state index in [1.54, 1.807) is 0 Å². The Bertz CT molecular complexity index is 610. The first-order valence-corrected chi connectivity index (χ1v) is 7.55. The van der Waals surface area contributed by atoms with Gasteiger partial charge in [0.2, 0.25) is 11.5 Å². The number of aliphatic hydroxyl groups excluding tert-OH is 5. The maximum Gasteiger partial charge on any atom is 0.288 e. The van der Waals surface area contributed by atoms with E-state index in [9.17, 15) is 35.7 Å². The fourth-order valence-corrected chi connectivity index (χ4v) is 3.93. The summed E-state index contributed by atoms with van der Waals surface area (Å²) in [5.41, 5.74) is -7.24. The topological polar surface area (TPSA) is 193 Å². The predicted octanol–water partition coefficient (Wildman–Crippen LogP) is -6.59. The zero-order valence-corrected chi connectivity index (χ0v) is 12.8. The van der Waals surface area contributed by atoms with Crippen LogP contribution in [0.25, 0.3) is 0 Å². The van der Waals surface area contributed by atoms with Gasteiger partial charge >= 0.3 is 0 Å². The SMILES string of the molecule is [B][C@@]1(O)[C@@H](CO)O[C@]2(OC3(CO)O[C@H](CO)[C@@H](O)[C@@H]3O)N3[C@@]1(O)[C@]32O. The van der Waals surface area contributed by atoms with E-state index in [-0.39, 0.29) is 0 Å². The van der Waals surface area contributed by atoms with Crippen molar-refractivity contribution in [3.05, 3.63) is 0 Å². The Balaban J connectivity index is 1.64. The first kappa shape index (κ1) is 18.0. The van der Waals surface area contributed by atoms with Gasteiger partial charge in [0.15, 0.2) is 5.72 Å². The van der Waals surface area contributed by atoms with Gasteiger partial charge in [-0.15, -0.1) is 0 Å². The van der Waals surface area contributed by atoms with Crippen LogP contribution < -0.4 is 0 Å². The van der Waals surface area contributed by atoms with E-state index in [0.29, 0.717) is 4.90 Å². The van der Waals surface area contributed by atoms with Crippen LogP contribution in [0.4, 0.5) is 0 Å². The number of aliphatic hydroxyl groups is 8. The summed E-state index contributed by atoms with van der Waals surface area (Å²) in [4.78, 5) is 0.714. The van der Waals surface area contributed by atoms with Crippen molar-refractivity contribution in [3.8, 4) is 0 Å². The van der Waals surface area contributed by atoms with Crippen molar-refractivity contribution in [1.82, 2.24) is 4.90 Å². The average Bonchev–Trinajstić information content (AvgIpc) is 3.30. The van der Waals surface area contributed by atoms with Gasteiger partial charge in [-0.05, 0) is 0 Å². The zero-order chi connectivity index (χ0) is 18.6. The van der Waals surface area contributed by atoms with Crippen LogP contribution in [0.2, 0.25) is 0 Å². The molecular formula is C12H18BNO11. The second-order valence-corrected chi connectivity index (χ2v) is 6.72. The van der Waals surface area contributed by atoms with Gasteiger partial charge < -0.3 is 50.3 Å². The van der Waals surface area contributed by atoms with E-state index in [0.717, 1.165) is 0 Å². The third-order valence-electron chi connectivity index (χ3n) is 5.50. The molecule has 5 aliphatic rings. The third kappa shape index (κ3) is 1.57. The molecule has 0 amide bonds. The van der Waals surface area contributed by atoms with E-state index >= 15 is 0 Å². The molecule has 5 fully saturated rings. The summed E-state index contributed by atoms with van der Waals surface area (Å²) in [5.74, 6) is -4.49. The lowest BCUT2D eigenvalue weighted by Gasteiger charge is -2.52. The zero-order valence-electron chi connectivity index (χ0n) is 12.8. The van der Waals surface area contributed by atoms with Crippen LogP contribution in [0.3, 0.4) is 0 Å². The van der Waals surface area contributed by atoms with Crippen molar-refractivity contribution in [3.63, 3.8) is 0 Å². The monoisotopic (exact) mass is 363 g/mol. The van der Waals surface area contributed by atoms with Crippen LogP contribution >= 0.6 is 0 Å². The number of hydrogen-bond acceptors (Lipinski definition) is 12. The molecule has 5 saturated heterocycles. The van der Waals surface area contributed by atoms with Gasteiger partial charge in [-0.25, -0.2) is 0 Å². The molecule has 2 bridgehead atoms. The second kappa shape index (κ2) is 4.70. The Morgan fingerprint density at radius 2 is 1.60 bits per heavy atom. The van der Waals surface area contributed by atoms with Gasteiger partial charge in [0.05, 0.1) is 18.7 Å². The molecular weight excluding hydrogens is 345 g/mol. The smallest absolute Gasteiger partial charge is 0.288 e. The normalized spacial score (nSPS) is 64.9. The first-order valence-electron chi connectivity index (χ1n) is 7.55. The molecule has 10 atom stereocenters. The van der Waals surface area contributed by atoms with Crippen molar-refractivity contribution in [2.75, 3.05) is 19.8 Å². The van der Waals surface area contributed by atoms with Crippen LogP contribution in [0.15, 0.2) is 0 Å². The Morgan fingerprint density at radius 1 is 1.00 bits per heavy atom. The molecule has 0 spiro atoms. The molecule has 0 saturated carbocycles. The molecule has 2 unspecified atom stereocenters. The Labute approximate surface area is 141 Å². The van der Waals surface area contributed by atoms with E-state index < -0.39 is 72.9 Å². The third-order valence-corrected chi connectivity index (χ3v) is 5.50. The predicted molar refractivity (Wildman–Crippen MR) is 72.0 cm³/mol. The number of ether oxygens (including phenoxy) is 3. The lowest BCUT2D eigenvalue weighted by Crippen LogP contribution is -2.77. The summed E-state index contributed by atoms with van der Waals surface area (Å²) < 4.78 is 15.9. The molecule has 2 radical (unpaired) electrons. The largest absolute Gasteiger partial charge is 0.394 e. The van der Waals surface area contributed by atoms with Gasteiger partial charge in [-0.2, -0.15) is 4.90 Å². The molecule has 0 aromatic rings. The summed E-state index contributed by atoms with van der Waals surface area (Å²) in [6.07, 6.45) is -6.32. The number of rotatable bonds is 5. The fraction of sp³-hybridized carbons (Fsp3) is 1.00. The van der Waals surface area contributed by atoms with Gasteiger partial charge in [0.25, 0.3) is 5.91 Å². The molecule has 25 heavy (non-hydrogen) atoms.